The molecule has 1 amide bonds. The third kappa shape index (κ3) is 5.16. The SMILES string of the molecule is COc1ccc(C2CC(c3ccccc3)=NN2C(=O)C(C)c2ccc(CC(C)C)cc2)cc1. The zero-order chi connectivity index (χ0) is 23.4. The Hall–Kier alpha value is -3.40. The molecule has 33 heavy (non-hydrogen) atoms. The average Bonchev–Trinajstić information content (AvgIpc) is 3.29. The molecule has 4 nitrogen and oxygen atoms in total. The summed E-state index contributed by atoms with van der Waals surface area (Å²) in [6.07, 6.45) is 1.72. The molecule has 0 saturated carbocycles. The van der Waals surface area contributed by atoms with Crippen LogP contribution < -0.4 is 4.74 Å². The third-order valence-electron chi connectivity index (χ3n) is 6.24. The van der Waals surface area contributed by atoms with E-state index in [1.165, 1.54) is 5.56 Å². The van der Waals surface area contributed by atoms with Gasteiger partial charge in [0, 0.05) is 6.42 Å². The van der Waals surface area contributed by atoms with Crippen molar-refractivity contribution >= 4 is 11.6 Å². The number of carbonyl (C=O) groups is 1. The molecule has 170 valence electrons. The number of carbonyl (C=O) groups excluding carboxylic acids is 1. The minimum absolute atomic E-state index is 0.0124. The highest BCUT2D eigenvalue weighted by Crippen LogP contribution is 2.36. The maximum atomic E-state index is 13.7. The normalized spacial score (nSPS) is 16.6. The average molecular weight is 441 g/mol. The maximum absolute atomic E-state index is 13.7. The summed E-state index contributed by atoms with van der Waals surface area (Å²) in [4.78, 5) is 13.7. The van der Waals surface area contributed by atoms with Gasteiger partial charge in [0.05, 0.1) is 24.8 Å². The van der Waals surface area contributed by atoms with Gasteiger partial charge in [-0.3, -0.25) is 4.79 Å². The van der Waals surface area contributed by atoms with Crippen molar-refractivity contribution in [3.8, 4) is 5.75 Å². The Balaban J connectivity index is 1.62. The van der Waals surface area contributed by atoms with E-state index in [9.17, 15) is 4.79 Å². The van der Waals surface area contributed by atoms with Crippen molar-refractivity contribution in [1.29, 1.82) is 0 Å². The summed E-state index contributed by atoms with van der Waals surface area (Å²) in [7, 11) is 1.66. The lowest BCUT2D eigenvalue weighted by molar-refractivity contribution is -0.134. The Labute approximate surface area is 196 Å². The van der Waals surface area contributed by atoms with Gasteiger partial charge in [0.1, 0.15) is 5.75 Å². The second-order valence-electron chi connectivity index (χ2n) is 9.15. The largest absolute Gasteiger partial charge is 0.497 e. The van der Waals surface area contributed by atoms with Gasteiger partial charge >= 0.3 is 0 Å². The molecule has 0 aliphatic carbocycles. The molecule has 0 saturated heterocycles. The zero-order valence-corrected chi connectivity index (χ0v) is 19.9. The van der Waals surface area contributed by atoms with E-state index < -0.39 is 0 Å². The summed E-state index contributed by atoms with van der Waals surface area (Å²) >= 11 is 0. The maximum Gasteiger partial charge on any atom is 0.250 e. The molecule has 4 heteroatoms. The van der Waals surface area contributed by atoms with Crippen LogP contribution in [0, 0.1) is 5.92 Å². The number of hydrogen-bond acceptors (Lipinski definition) is 3. The number of methoxy groups -OCH3 is 1. The van der Waals surface area contributed by atoms with Crippen molar-refractivity contribution in [2.24, 2.45) is 11.0 Å². The summed E-state index contributed by atoms with van der Waals surface area (Å²) < 4.78 is 5.32. The lowest BCUT2D eigenvalue weighted by Crippen LogP contribution is -2.30. The van der Waals surface area contributed by atoms with E-state index in [1.54, 1.807) is 12.1 Å². The molecule has 4 rings (SSSR count). The van der Waals surface area contributed by atoms with Crippen LogP contribution in [0.2, 0.25) is 0 Å². The van der Waals surface area contributed by atoms with Gasteiger partial charge in [0.2, 0.25) is 0 Å². The van der Waals surface area contributed by atoms with E-state index in [4.69, 9.17) is 9.84 Å². The van der Waals surface area contributed by atoms with Crippen molar-refractivity contribution in [3.05, 3.63) is 101 Å². The minimum atomic E-state index is -0.280. The van der Waals surface area contributed by atoms with Gasteiger partial charge in [-0.2, -0.15) is 5.10 Å². The number of hydrogen-bond donors (Lipinski definition) is 0. The Kier molecular flexibility index (Phi) is 6.93. The Morgan fingerprint density at radius 1 is 0.970 bits per heavy atom. The topological polar surface area (TPSA) is 41.9 Å². The number of rotatable bonds is 7. The second-order valence-corrected chi connectivity index (χ2v) is 9.15. The molecule has 0 N–H and O–H groups in total. The predicted octanol–water partition coefficient (Wildman–Crippen LogP) is 6.38. The standard InChI is InChI=1S/C29H32N2O2/c1-20(2)18-22-10-12-23(13-11-22)21(3)29(32)31-28(25-14-16-26(33-4)17-15-25)19-27(30-31)24-8-6-5-7-9-24/h5-17,20-21,28H,18-19H2,1-4H3. The van der Waals surface area contributed by atoms with Gasteiger partial charge in [-0.15, -0.1) is 0 Å². The van der Waals surface area contributed by atoms with Gasteiger partial charge < -0.3 is 4.74 Å². The predicted molar refractivity (Wildman–Crippen MR) is 134 cm³/mol. The van der Waals surface area contributed by atoms with Gasteiger partial charge in [0.25, 0.3) is 5.91 Å². The fourth-order valence-corrected chi connectivity index (χ4v) is 4.36. The van der Waals surface area contributed by atoms with Crippen molar-refractivity contribution in [2.75, 3.05) is 7.11 Å². The Bertz CT molecular complexity index is 1100. The van der Waals surface area contributed by atoms with Crippen LogP contribution in [0.5, 0.6) is 5.75 Å². The first kappa shape index (κ1) is 22.8. The van der Waals surface area contributed by atoms with Gasteiger partial charge in [-0.25, -0.2) is 5.01 Å². The molecule has 1 aliphatic rings. The fraction of sp³-hybridized carbons (Fsp3) is 0.310. The molecule has 0 radical (unpaired) electrons. The van der Waals surface area contributed by atoms with Crippen LogP contribution in [0.1, 0.15) is 61.4 Å². The van der Waals surface area contributed by atoms with E-state index in [0.717, 1.165) is 34.6 Å². The first-order chi connectivity index (χ1) is 16.0. The summed E-state index contributed by atoms with van der Waals surface area (Å²) in [6, 6.07) is 26.4. The zero-order valence-electron chi connectivity index (χ0n) is 19.9. The molecule has 1 heterocycles. The van der Waals surface area contributed by atoms with Crippen LogP contribution in [-0.2, 0) is 11.2 Å². The Morgan fingerprint density at radius 3 is 2.24 bits per heavy atom. The van der Waals surface area contributed by atoms with E-state index in [1.807, 2.05) is 49.4 Å². The van der Waals surface area contributed by atoms with E-state index in [0.29, 0.717) is 12.3 Å². The van der Waals surface area contributed by atoms with Gasteiger partial charge in [-0.05, 0) is 53.6 Å². The van der Waals surface area contributed by atoms with Crippen LogP contribution in [-0.4, -0.2) is 23.7 Å². The second kappa shape index (κ2) is 10.0. The van der Waals surface area contributed by atoms with Crippen LogP contribution in [0.25, 0.3) is 0 Å². The van der Waals surface area contributed by atoms with Crippen molar-refractivity contribution in [1.82, 2.24) is 5.01 Å². The monoisotopic (exact) mass is 440 g/mol. The minimum Gasteiger partial charge on any atom is -0.497 e. The molecule has 0 aromatic heterocycles. The lowest BCUT2D eigenvalue weighted by Gasteiger charge is -2.25. The van der Waals surface area contributed by atoms with Crippen molar-refractivity contribution < 1.29 is 9.53 Å². The molecule has 2 unspecified atom stereocenters. The van der Waals surface area contributed by atoms with Gasteiger partial charge in [0.15, 0.2) is 0 Å². The molecular formula is C29H32N2O2. The number of nitrogens with zero attached hydrogens (tertiary/aromatic N) is 2. The summed E-state index contributed by atoms with van der Waals surface area (Å²) in [5.41, 5.74) is 5.36. The van der Waals surface area contributed by atoms with E-state index >= 15 is 0 Å². The highest BCUT2D eigenvalue weighted by Gasteiger charge is 2.35. The first-order valence-electron chi connectivity index (χ1n) is 11.6. The molecule has 0 spiro atoms. The highest BCUT2D eigenvalue weighted by atomic mass is 16.5. The summed E-state index contributed by atoms with van der Waals surface area (Å²) in [5.74, 6) is 1.14. The molecule has 3 aromatic carbocycles. The number of hydrazone groups is 1. The summed E-state index contributed by atoms with van der Waals surface area (Å²) in [6.45, 7) is 6.41. The number of amides is 1. The quantitative estimate of drug-likeness (QED) is 0.428. The fourth-order valence-electron chi connectivity index (χ4n) is 4.36. The van der Waals surface area contributed by atoms with Gasteiger partial charge in [-0.1, -0.05) is 80.6 Å². The molecule has 1 aliphatic heterocycles. The van der Waals surface area contributed by atoms with E-state index in [2.05, 4.69) is 50.2 Å². The smallest absolute Gasteiger partial charge is 0.250 e. The first-order valence-corrected chi connectivity index (χ1v) is 11.6. The molecule has 3 aromatic rings. The molecular weight excluding hydrogens is 408 g/mol. The third-order valence-corrected chi connectivity index (χ3v) is 6.24. The number of benzene rings is 3. The van der Waals surface area contributed by atoms with Crippen LogP contribution in [0.3, 0.4) is 0 Å². The lowest BCUT2D eigenvalue weighted by atomic mass is 9.94. The van der Waals surface area contributed by atoms with Crippen LogP contribution in [0.4, 0.5) is 0 Å². The van der Waals surface area contributed by atoms with Crippen LogP contribution >= 0.6 is 0 Å². The van der Waals surface area contributed by atoms with Crippen molar-refractivity contribution in [2.45, 2.75) is 45.6 Å². The molecule has 0 fully saturated rings. The van der Waals surface area contributed by atoms with E-state index in [-0.39, 0.29) is 17.9 Å². The van der Waals surface area contributed by atoms with Crippen molar-refractivity contribution in [3.63, 3.8) is 0 Å². The van der Waals surface area contributed by atoms with Crippen LogP contribution in [0.15, 0.2) is 84.0 Å². The molecule has 2 atom stereocenters. The molecule has 0 bridgehead atoms. The number of ether oxygens (including phenoxy) is 1. The Morgan fingerprint density at radius 2 is 1.64 bits per heavy atom. The highest BCUT2D eigenvalue weighted by molar-refractivity contribution is 6.03. The summed E-state index contributed by atoms with van der Waals surface area (Å²) in [5, 5.41) is 6.52.